The molecule has 0 saturated heterocycles. The van der Waals surface area contributed by atoms with Gasteiger partial charge in [-0.2, -0.15) is 0 Å². The lowest BCUT2D eigenvalue weighted by Gasteiger charge is -2.23. The summed E-state index contributed by atoms with van der Waals surface area (Å²) in [6.07, 6.45) is 7.57. The second kappa shape index (κ2) is 7.18. The van der Waals surface area contributed by atoms with Crippen LogP contribution in [0.15, 0.2) is 73.1 Å². The maximum absolute atomic E-state index is 7.58. The van der Waals surface area contributed by atoms with Crippen LogP contribution in [0.4, 0.5) is 0 Å². The summed E-state index contributed by atoms with van der Waals surface area (Å²) in [4.78, 5) is 9.12. The van der Waals surface area contributed by atoms with Gasteiger partial charge in [-0.25, -0.2) is 0 Å². The molecule has 1 aliphatic rings. The van der Waals surface area contributed by atoms with Gasteiger partial charge in [0.05, 0.1) is 11.4 Å². The largest absolute Gasteiger partial charge is 0.384 e. The smallest absolute Gasteiger partial charge is 0.124 e. The molecule has 5 rings (SSSR count). The number of amidine groups is 2. The molecule has 0 radical (unpaired) electrons. The second-order valence-corrected chi connectivity index (χ2v) is 7.54. The van der Waals surface area contributed by atoms with Crippen LogP contribution in [0.2, 0.25) is 0 Å². The van der Waals surface area contributed by atoms with E-state index < -0.39 is 0 Å². The first-order valence-electron chi connectivity index (χ1n) is 9.88. The van der Waals surface area contributed by atoms with E-state index in [9.17, 15) is 0 Å². The SMILES string of the molecule is N=C(N)c1ccc(-c2ccc3cccc4c3c2C=CC4c2ccc(C(=N)N)cn2)nc1. The normalized spacial score (nSPS) is 14.5. The van der Waals surface area contributed by atoms with Gasteiger partial charge < -0.3 is 11.5 Å². The van der Waals surface area contributed by atoms with Gasteiger partial charge in [0.25, 0.3) is 0 Å². The third-order valence-electron chi connectivity index (χ3n) is 5.67. The van der Waals surface area contributed by atoms with Gasteiger partial charge in [0.15, 0.2) is 0 Å². The van der Waals surface area contributed by atoms with E-state index in [4.69, 9.17) is 22.3 Å². The highest BCUT2D eigenvalue weighted by Gasteiger charge is 2.22. The van der Waals surface area contributed by atoms with E-state index in [0.717, 1.165) is 27.9 Å². The molecule has 1 atom stereocenters. The number of benzene rings is 2. The molecule has 1 unspecified atom stereocenters. The topological polar surface area (TPSA) is 126 Å². The lowest BCUT2D eigenvalue weighted by Crippen LogP contribution is -2.12. The fourth-order valence-corrected chi connectivity index (χ4v) is 4.11. The van der Waals surface area contributed by atoms with Crippen LogP contribution in [-0.2, 0) is 0 Å². The van der Waals surface area contributed by atoms with Crippen LogP contribution in [-0.4, -0.2) is 21.6 Å². The number of pyridine rings is 2. The van der Waals surface area contributed by atoms with Crippen LogP contribution in [0.25, 0.3) is 28.1 Å². The van der Waals surface area contributed by atoms with Crippen molar-refractivity contribution in [2.45, 2.75) is 5.92 Å². The first kappa shape index (κ1) is 18.7. The summed E-state index contributed by atoms with van der Waals surface area (Å²) in [5.41, 5.74) is 17.4. The molecule has 6 N–H and O–H groups in total. The van der Waals surface area contributed by atoms with Crippen molar-refractivity contribution >= 4 is 28.5 Å². The summed E-state index contributed by atoms with van der Waals surface area (Å²) in [6.45, 7) is 0. The van der Waals surface area contributed by atoms with Gasteiger partial charge in [-0.3, -0.25) is 20.8 Å². The number of nitrogen functional groups attached to an aromatic ring is 2. The Labute approximate surface area is 179 Å². The van der Waals surface area contributed by atoms with Gasteiger partial charge >= 0.3 is 0 Å². The molecule has 31 heavy (non-hydrogen) atoms. The van der Waals surface area contributed by atoms with Crippen molar-refractivity contribution in [3.8, 4) is 11.3 Å². The molecule has 2 aromatic carbocycles. The molecule has 6 heteroatoms. The van der Waals surface area contributed by atoms with E-state index in [0.29, 0.717) is 11.1 Å². The van der Waals surface area contributed by atoms with E-state index in [1.165, 1.54) is 10.9 Å². The highest BCUT2D eigenvalue weighted by atomic mass is 14.7. The van der Waals surface area contributed by atoms with Gasteiger partial charge in [0.2, 0.25) is 0 Å². The molecule has 0 aliphatic heterocycles. The predicted molar refractivity (Wildman–Crippen MR) is 124 cm³/mol. The molecular formula is C25H20N6. The molecule has 2 aromatic heterocycles. The Kier molecular flexibility index (Phi) is 4.33. The Bertz CT molecular complexity index is 1370. The van der Waals surface area contributed by atoms with Crippen LogP contribution >= 0.6 is 0 Å². The van der Waals surface area contributed by atoms with Crippen LogP contribution in [0.3, 0.4) is 0 Å². The van der Waals surface area contributed by atoms with Crippen molar-refractivity contribution in [1.82, 2.24) is 9.97 Å². The van der Waals surface area contributed by atoms with Crippen molar-refractivity contribution < 1.29 is 0 Å². The Morgan fingerprint density at radius 3 is 2.19 bits per heavy atom. The molecule has 0 saturated carbocycles. The Balaban J connectivity index is 1.64. The molecule has 0 spiro atoms. The summed E-state index contributed by atoms with van der Waals surface area (Å²) in [5, 5.41) is 17.5. The minimum Gasteiger partial charge on any atom is -0.384 e. The maximum Gasteiger partial charge on any atom is 0.124 e. The fraction of sp³-hybridized carbons (Fsp3) is 0.0400. The standard InChI is InChI=1S/C25H20N6/c26-24(27)15-5-10-21(30-12-15)17-7-4-14-2-1-3-19-18(8-9-20(17)23(14)19)22-11-6-16(13-31-22)25(28)29/h1-13,18H,(H3,26,27)(H3,28,29). The van der Waals surface area contributed by atoms with Gasteiger partial charge in [0.1, 0.15) is 11.7 Å². The van der Waals surface area contributed by atoms with E-state index in [1.807, 2.05) is 24.3 Å². The van der Waals surface area contributed by atoms with Crippen molar-refractivity contribution in [1.29, 1.82) is 10.8 Å². The van der Waals surface area contributed by atoms with Crippen molar-refractivity contribution in [3.63, 3.8) is 0 Å². The van der Waals surface area contributed by atoms with E-state index in [2.05, 4.69) is 52.5 Å². The minimum absolute atomic E-state index is 0.00668. The second-order valence-electron chi connectivity index (χ2n) is 7.54. The molecule has 0 fully saturated rings. The summed E-state index contributed by atoms with van der Waals surface area (Å²) < 4.78 is 0. The quantitative estimate of drug-likeness (QED) is 0.303. The van der Waals surface area contributed by atoms with E-state index >= 15 is 0 Å². The number of nitrogens with zero attached hydrogens (tertiary/aromatic N) is 2. The van der Waals surface area contributed by atoms with Crippen LogP contribution in [0, 0.1) is 10.8 Å². The number of allylic oxidation sites excluding steroid dienone is 1. The molecule has 0 amide bonds. The van der Waals surface area contributed by atoms with Gasteiger partial charge in [-0.1, -0.05) is 42.5 Å². The van der Waals surface area contributed by atoms with Gasteiger partial charge in [0, 0.05) is 35.0 Å². The summed E-state index contributed by atoms with van der Waals surface area (Å²) in [7, 11) is 0. The van der Waals surface area contributed by atoms with Crippen LogP contribution in [0.5, 0.6) is 0 Å². The van der Waals surface area contributed by atoms with Gasteiger partial charge in [-0.15, -0.1) is 0 Å². The monoisotopic (exact) mass is 404 g/mol. The highest BCUT2D eigenvalue weighted by molar-refractivity contribution is 6.01. The summed E-state index contributed by atoms with van der Waals surface area (Å²) in [5.74, 6) is 0.0336. The lowest BCUT2D eigenvalue weighted by molar-refractivity contribution is 0.961. The summed E-state index contributed by atoms with van der Waals surface area (Å²) in [6, 6.07) is 18.0. The Hall–Kier alpha value is -4.32. The summed E-state index contributed by atoms with van der Waals surface area (Å²) >= 11 is 0. The third-order valence-corrected chi connectivity index (χ3v) is 5.67. The number of nitrogens with two attached hydrogens (primary N) is 2. The minimum atomic E-state index is 0.00668. The molecule has 2 heterocycles. The van der Waals surface area contributed by atoms with Crippen molar-refractivity contribution in [2.24, 2.45) is 11.5 Å². The van der Waals surface area contributed by atoms with Crippen molar-refractivity contribution in [2.75, 3.05) is 0 Å². The predicted octanol–water partition coefficient (Wildman–Crippen LogP) is 4.02. The highest BCUT2D eigenvalue weighted by Crippen LogP contribution is 2.41. The number of nitrogens with one attached hydrogen (secondary N) is 2. The van der Waals surface area contributed by atoms with Crippen molar-refractivity contribution in [3.05, 3.63) is 101 Å². The lowest BCUT2D eigenvalue weighted by atomic mass is 9.82. The molecular weight excluding hydrogens is 384 g/mol. The molecule has 4 aromatic rings. The van der Waals surface area contributed by atoms with Crippen LogP contribution < -0.4 is 11.5 Å². The zero-order chi connectivity index (χ0) is 21.5. The average molecular weight is 404 g/mol. The average Bonchev–Trinajstić information content (AvgIpc) is 2.80. The molecule has 0 bridgehead atoms. The van der Waals surface area contributed by atoms with E-state index in [-0.39, 0.29) is 17.6 Å². The van der Waals surface area contributed by atoms with E-state index in [1.54, 1.807) is 12.4 Å². The molecule has 6 nitrogen and oxygen atoms in total. The van der Waals surface area contributed by atoms with Crippen LogP contribution in [0.1, 0.15) is 33.9 Å². The first-order valence-corrected chi connectivity index (χ1v) is 9.88. The third kappa shape index (κ3) is 3.14. The fourth-order valence-electron chi connectivity index (χ4n) is 4.11. The maximum atomic E-state index is 7.58. The van der Waals surface area contributed by atoms with Gasteiger partial charge in [-0.05, 0) is 46.2 Å². The number of aromatic nitrogens is 2. The zero-order valence-corrected chi connectivity index (χ0v) is 16.6. The first-order chi connectivity index (χ1) is 15.0. The molecule has 150 valence electrons. The number of hydrogen-bond acceptors (Lipinski definition) is 4. The number of hydrogen-bond donors (Lipinski definition) is 4. The Morgan fingerprint density at radius 2 is 1.55 bits per heavy atom. The number of rotatable bonds is 4. The molecule has 1 aliphatic carbocycles. The zero-order valence-electron chi connectivity index (χ0n) is 16.6. The Morgan fingerprint density at radius 1 is 0.806 bits per heavy atom.